The molecular formula is C15H17N5O. The van der Waals surface area contributed by atoms with E-state index in [9.17, 15) is 4.79 Å². The Morgan fingerprint density at radius 1 is 1.43 bits per heavy atom. The second-order valence-corrected chi connectivity index (χ2v) is 4.76. The molecule has 6 heteroatoms. The zero-order valence-corrected chi connectivity index (χ0v) is 11.9. The van der Waals surface area contributed by atoms with Gasteiger partial charge in [-0.3, -0.25) is 4.79 Å². The highest BCUT2D eigenvalue weighted by Gasteiger charge is 2.14. The lowest BCUT2D eigenvalue weighted by atomic mass is 10.1. The number of hydrogen-bond donors (Lipinski definition) is 1. The van der Waals surface area contributed by atoms with E-state index in [1.165, 1.54) is 0 Å². The average Bonchev–Trinajstić information content (AvgIpc) is 2.96. The van der Waals surface area contributed by atoms with E-state index in [0.717, 1.165) is 5.56 Å². The molecule has 2 rings (SSSR count). The van der Waals surface area contributed by atoms with Crippen LogP contribution in [0.2, 0.25) is 0 Å². The van der Waals surface area contributed by atoms with Crippen LogP contribution in [0.1, 0.15) is 21.6 Å². The summed E-state index contributed by atoms with van der Waals surface area (Å²) in [6, 6.07) is 9.23. The molecule has 1 aromatic heterocycles. The smallest absolute Gasteiger partial charge is 0.274 e. The van der Waals surface area contributed by atoms with Gasteiger partial charge in [0.25, 0.3) is 5.91 Å². The van der Waals surface area contributed by atoms with E-state index in [1.807, 2.05) is 12.1 Å². The van der Waals surface area contributed by atoms with Crippen LogP contribution in [-0.4, -0.2) is 34.0 Å². The summed E-state index contributed by atoms with van der Waals surface area (Å²) in [7, 11) is 1.72. The van der Waals surface area contributed by atoms with Gasteiger partial charge in [0.15, 0.2) is 0 Å². The molecule has 0 spiro atoms. The van der Waals surface area contributed by atoms with Crippen molar-refractivity contribution in [3.8, 4) is 6.07 Å². The van der Waals surface area contributed by atoms with Crippen molar-refractivity contribution >= 4 is 5.91 Å². The van der Waals surface area contributed by atoms with Gasteiger partial charge in [-0.15, -0.1) is 0 Å². The molecule has 21 heavy (non-hydrogen) atoms. The Balaban J connectivity index is 2.02. The maximum absolute atomic E-state index is 12.3. The summed E-state index contributed by atoms with van der Waals surface area (Å²) >= 11 is 0. The molecule has 108 valence electrons. The number of carbonyl (C=O) groups is 1. The summed E-state index contributed by atoms with van der Waals surface area (Å²) in [6.07, 6.45) is 3.31. The van der Waals surface area contributed by atoms with Crippen LogP contribution >= 0.6 is 0 Å². The summed E-state index contributed by atoms with van der Waals surface area (Å²) < 4.78 is 1.79. The van der Waals surface area contributed by atoms with E-state index in [4.69, 9.17) is 11.0 Å². The fraction of sp³-hybridized carbons (Fsp3) is 0.267. The van der Waals surface area contributed by atoms with E-state index >= 15 is 0 Å². The molecular weight excluding hydrogens is 266 g/mol. The Labute approximate surface area is 123 Å². The Morgan fingerprint density at radius 2 is 2.14 bits per heavy atom. The topological polar surface area (TPSA) is 87.9 Å². The van der Waals surface area contributed by atoms with Crippen LogP contribution in [-0.2, 0) is 13.1 Å². The van der Waals surface area contributed by atoms with Gasteiger partial charge in [0.1, 0.15) is 5.69 Å². The second kappa shape index (κ2) is 6.68. The van der Waals surface area contributed by atoms with Gasteiger partial charge < -0.3 is 15.2 Å². The molecule has 0 saturated carbocycles. The number of hydrogen-bond acceptors (Lipinski definition) is 4. The molecule has 0 saturated heterocycles. The number of nitrogens with zero attached hydrogens (tertiary/aromatic N) is 4. The van der Waals surface area contributed by atoms with Crippen LogP contribution in [0.5, 0.6) is 0 Å². The fourth-order valence-corrected chi connectivity index (χ4v) is 1.97. The van der Waals surface area contributed by atoms with Crippen molar-refractivity contribution in [2.24, 2.45) is 5.73 Å². The summed E-state index contributed by atoms with van der Waals surface area (Å²) in [6.45, 7) is 1.61. The molecule has 0 bridgehead atoms. The van der Waals surface area contributed by atoms with Gasteiger partial charge in [-0.2, -0.15) is 5.26 Å². The van der Waals surface area contributed by atoms with Crippen molar-refractivity contribution in [3.05, 3.63) is 53.6 Å². The molecule has 1 amide bonds. The molecule has 1 heterocycles. The first-order valence-corrected chi connectivity index (χ1v) is 6.60. The number of carbonyl (C=O) groups excluding carboxylic acids is 1. The molecule has 0 aliphatic heterocycles. The minimum atomic E-state index is -0.143. The largest absolute Gasteiger partial charge is 0.336 e. The van der Waals surface area contributed by atoms with Crippen molar-refractivity contribution < 1.29 is 4.79 Å². The third-order valence-corrected chi connectivity index (χ3v) is 3.09. The highest BCUT2D eigenvalue weighted by molar-refractivity contribution is 5.91. The van der Waals surface area contributed by atoms with Crippen molar-refractivity contribution in [2.45, 2.75) is 13.1 Å². The molecule has 6 nitrogen and oxygen atoms in total. The molecule has 1 aromatic carbocycles. The number of aromatic nitrogens is 2. The zero-order valence-electron chi connectivity index (χ0n) is 11.9. The highest BCUT2D eigenvalue weighted by Crippen LogP contribution is 2.08. The quantitative estimate of drug-likeness (QED) is 0.886. The SMILES string of the molecule is CN(Cc1ccc(C#N)cc1)C(=O)c1cn(CCN)cn1. The number of amides is 1. The predicted octanol–water partition coefficient (Wildman–Crippen LogP) is 0.986. The Hall–Kier alpha value is -2.65. The van der Waals surface area contributed by atoms with Gasteiger partial charge in [0, 0.05) is 32.9 Å². The normalized spacial score (nSPS) is 10.1. The number of benzene rings is 1. The van der Waals surface area contributed by atoms with Gasteiger partial charge in [0.2, 0.25) is 0 Å². The van der Waals surface area contributed by atoms with Gasteiger partial charge in [-0.05, 0) is 17.7 Å². The van der Waals surface area contributed by atoms with Crippen LogP contribution < -0.4 is 5.73 Å². The van der Waals surface area contributed by atoms with Crippen molar-refractivity contribution in [2.75, 3.05) is 13.6 Å². The van der Waals surface area contributed by atoms with E-state index in [-0.39, 0.29) is 5.91 Å². The van der Waals surface area contributed by atoms with Gasteiger partial charge in [-0.25, -0.2) is 4.98 Å². The minimum absolute atomic E-state index is 0.143. The predicted molar refractivity (Wildman–Crippen MR) is 78.2 cm³/mol. The Morgan fingerprint density at radius 3 is 2.76 bits per heavy atom. The monoisotopic (exact) mass is 283 g/mol. The van der Waals surface area contributed by atoms with E-state index in [2.05, 4.69) is 11.1 Å². The first kappa shape index (κ1) is 14.8. The molecule has 0 radical (unpaired) electrons. The molecule has 2 N–H and O–H groups in total. The molecule has 0 atom stereocenters. The van der Waals surface area contributed by atoms with E-state index in [0.29, 0.717) is 30.9 Å². The fourth-order valence-electron chi connectivity index (χ4n) is 1.97. The maximum Gasteiger partial charge on any atom is 0.274 e. The summed E-state index contributed by atoms with van der Waals surface area (Å²) in [5, 5.41) is 8.76. The van der Waals surface area contributed by atoms with Crippen molar-refractivity contribution in [3.63, 3.8) is 0 Å². The van der Waals surface area contributed by atoms with E-state index in [1.54, 1.807) is 41.2 Å². The Kier molecular flexibility index (Phi) is 4.69. The van der Waals surface area contributed by atoms with E-state index < -0.39 is 0 Å². The third kappa shape index (κ3) is 3.68. The van der Waals surface area contributed by atoms with Gasteiger partial charge in [0.05, 0.1) is 18.0 Å². The van der Waals surface area contributed by atoms with Crippen LogP contribution in [0.4, 0.5) is 0 Å². The zero-order chi connectivity index (χ0) is 15.2. The van der Waals surface area contributed by atoms with Crippen LogP contribution in [0, 0.1) is 11.3 Å². The molecule has 0 aliphatic carbocycles. The standard InChI is InChI=1S/C15H17N5O/c1-19(9-13-4-2-12(8-17)3-5-13)15(21)14-10-20(7-6-16)11-18-14/h2-5,10-11H,6-7,9,16H2,1H3. The third-order valence-electron chi connectivity index (χ3n) is 3.09. The summed E-state index contributed by atoms with van der Waals surface area (Å²) in [5.74, 6) is -0.143. The number of imidazole rings is 1. The van der Waals surface area contributed by atoms with Crippen molar-refractivity contribution in [1.82, 2.24) is 14.5 Å². The highest BCUT2D eigenvalue weighted by atomic mass is 16.2. The molecule has 0 fully saturated rings. The van der Waals surface area contributed by atoms with Crippen LogP contribution in [0.3, 0.4) is 0 Å². The van der Waals surface area contributed by atoms with Crippen molar-refractivity contribution in [1.29, 1.82) is 5.26 Å². The minimum Gasteiger partial charge on any atom is -0.336 e. The lowest BCUT2D eigenvalue weighted by Crippen LogP contribution is -2.26. The average molecular weight is 283 g/mol. The number of nitrogens with two attached hydrogens (primary N) is 1. The lowest BCUT2D eigenvalue weighted by Gasteiger charge is -2.15. The van der Waals surface area contributed by atoms with Crippen LogP contribution in [0.25, 0.3) is 0 Å². The Bertz CT molecular complexity index is 653. The number of rotatable bonds is 5. The molecule has 0 unspecified atom stereocenters. The summed E-state index contributed by atoms with van der Waals surface area (Å²) in [4.78, 5) is 17.9. The molecule has 0 aliphatic rings. The second-order valence-electron chi connectivity index (χ2n) is 4.76. The molecule has 2 aromatic rings. The van der Waals surface area contributed by atoms with Crippen LogP contribution in [0.15, 0.2) is 36.8 Å². The van der Waals surface area contributed by atoms with Gasteiger partial charge in [-0.1, -0.05) is 12.1 Å². The maximum atomic E-state index is 12.3. The first-order valence-electron chi connectivity index (χ1n) is 6.60. The lowest BCUT2D eigenvalue weighted by molar-refractivity contribution is 0.0779. The first-order chi connectivity index (χ1) is 10.1. The van der Waals surface area contributed by atoms with Gasteiger partial charge >= 0.3 is 0 Å². The summed E-state index contributed by atoms with van der Waals surface area (Å²) in [5.41, 5.74) is 7.44. The number of nitriles is 1.